The monoisotopic (exact) mass is 324 g/mol. The predicted octanol–water partition coefficient (Wildman–Crippen LogP) is 3.70. The molecule has 0 amide bonds. The topological polar surface area (TPSA) is 52.8 Å². The Bertz CT molecular complexity index is 873. The summed E-state index contributed by atoms with van der Waals surface area (Å²) in [5, 5.41) is 8.23. The molecule has 3 aromatic rings. The minimum atomic E-state index is -0.318. The SMILES string of the molecule is Cc1cccc(OCc2ccc(-c3cn(C4CC4)nn3)cc2F)n1. The maximum Gasteiger partial charge on any atom is 0.213 e. The Kier molecular flexibility index (Phi) is 3.72. The standard InChI is InChI=1S/C18H17FN4O/c1-12-3-2-4-18(20-12)24-11-14-6-5-13(9-16(14)19)17-10-23(22-21-17)15-7-8-15/h2-6,9-10,15H,7-8,11H2,1H3. The number of aromatic nitrogens is 4. The van der Waals surface area contributed by atoms with Crippen molar-refractivity contribution < 1.29 is 9.13 Å². The summed E-state index contributed by atoms with van der Waals surface area (Å²) in [5.41, 5.74) is 2.75. The van der Waals surface area contributed by atoms with Gasteiger partial charge in [0.15, 0.2) is 0 Å². The molecule has 2 aromatic heterocycles. The summed E-state index contributed by atoms with van der Waals surface area (Å²) in [5.74, 6) is 0.173. The van der Waals surface area contributed by atoms with Crippen molar-refractivity contribution in [2.24, 2.45) is 0 Å². The Balaban J connectivity index is 1.48. The molecule has 5 nitrogen and oxygen atoms in total. The Morgan fingerprint density at radius 2 is 2.12 bits per heavy atom. The molecule has 0 bridgehead atoms. The van der Waals surface area contributed by atoms with Crippen molar-refractivity contribution in [3.63, 3.8) is 0 Å². The van der Waals surface area contributed by atoms with Crippen LogP contribution >= 0.6 is 0 Å². The minimum absolute atomic E-state index is 0.136. The van der Waals surface area contributed by atoms with Gasteiger partial charge in [0.25, 0.3) is 0 Å². The highest BCUT2D eigenvalue weighted by atomic mass is 19.1. The van der Waals surface area contributed by atoms with Gasteiger partial charge in [0.2, 0.25) is 5.88 Å². The number of hydrogen-bond acceptors (Lipinski definition) is 4. The zero-order chi connectivity index (χ0) is 16.5. The molecule has 0 aliphatic heterocycles. The van der Waals surface area contributed by atoms with Crippen LogP contribution in [0.1, 0.15) is 30.1 Å². The summed E-state index contributed by atoms with van der Waals surface area (Å²) in [6.07, 6.45) is 4.15. The molecular formula is C18H17FN4O. The molecule has 24 heavy (non-hydrogen) atoms. The summed E-state index contributed by atoms with van der Waals surface area (Å²) >= 11 is 0. The van der Waals surface area contributed by atoms with Crippen LogP contribution in [0.25, 0.3) is 11.3 Å². The van der Waals surface area contributed by atoms with Crippen LogP contribution in [0.4, 0.5) is 4.39 Å². The number of nitrogens with zero attached hydrogens (tertiary/aromatic N) is 4. The van der Waals surface area contributed by atoms with Crippen molar-refractivity contribution in [1.29, 1.82) is 0 Å². The molecule has 1 aliphatic rings. The first-order chi connectivity index (χ1) is 11.7. The van der Waals surface area contributed by atoms with Gasteiger partial charge in [0, 0.05) is 22.9 Å². The normalized spacial score (nSPS) is 13.9. The number of rotatable bonds is 5. The molecule has 1 fully saturated rings. The third-order valence-corrected chi connectivity index (χ3v) is 4.02. The molecule has 4 rings (SSSR count). The van der Waals surface area contributed by atoms with Gasteiger partial charge in [-0.25, -0.2) is 14.1 Å². The lowest BCUT2D eigenvalue weighted by Gasteiger charge is -2.07. The molecule has 1 saturated carbocycles. The van der Waals surface area contributed by atoms with E-state index < -0.39 is 0 Å². The molecule has 0 atom stereocenters. The van der Waals surface area contributed by atoms with Crippen LogP contribution < -0.4 is 4.74 Å². The quantitative estimate of drug-likeness (QED) is 0.718. The summed E-state index contributed by atoms with van der Waals surface area (Å²) in [4.78, 5) is 4.24. The van der Waals surface area contributed by atoms with Crippen molar-refractivity contribution >= 4 is 0 Å². The van der Waals surface area contributed by atoms with E-state index in [1.54, 1.807) is 12.1 Å². The van der Waals surface area contributed by atoms with Gasteiger partial charge >= 0.3 is 0 Å². The first kappa shape index (κ1) is 14.8. The van der Waals surface area contributed by atoms with Crippen LogP contribution in [0.3, 0.4) is 0 Å². The third-order valence-electron chi connectivity index (χ3n) is 4.02. The Hall–Kier alpha value is -2.76. The van der Waals surface area contributed by atoms with Crippen LogP contribution in [0, 0.1) is 12.7 Å². The van der Waals surface area contributed by atoms with Crippen LogP contribution in [0.5, 0.6) is 5.88 Å². The molecule has 6 heteroatoms. The van der Waals surface area contributed by atoms with E-state index in [9.17, 15) is 4.39 Å². The second kappa shape index (κ2) is 6.03. The fourth-order valence-electron chi connectivity index (χ4n) is 2.50. The lowest BCUT2D eigenvalue weighted by molar-refractivity contribution is 0.287. The Morgan fingerprint density at radius 3 is 2.88 bits per heavy atom. The molecule has 0 unspecified atom stereocenters. The second-order valence-corrected chi connectivity index (χ2v) is 6.03. The molecule has 0 saturated heterocycles. The maximum atomic E-state index is 14.3. The van der Waals surface area contributed by atoms with Crippen molar-refractivity contribution in [2.75, 3.05) is 0 Å². The fourth-order valence-corrected chi connectivity index (χ4v) is 2.50. The molecular weight excluding hydrogens is 307 g/mol. The van der Waals surface area contributed by atoms with Crippen molar-refractivity contribution in [3.8, 4) is 17.1 Å². The van der Waals surface area contributed by atoms with Crippen LogP contribution in [-0.2, 0) is 6.61 Å². The Labute approximate surface area is 139 Å². The molecule has 1 aromatic carbocycles. The van der Waals surface area contributed by atoms with Crippen molar-refractivity contribution in [1.82, 2.24) is 20.0 Å². The highest BCUT2D eigenvalue weighted by Crippen LogP contribution is 2.34. The van der Waals surface area contributed by atoms with E-state index in [2.05, 4.69) is 15.3 Å². The molecule has 1 aliphatic carbocycles. The summed E-state index contributed by atoms with van der Waals surface area (Å²) in [6, 6.07) is 11.0. The van der Waals surface area contributed by atoms with Crippen molar-refractivity contribution in [2.45, 2.75) is 32.4 Å². The molecule has 0 spiro atoms. The minimum Gasteiger partial charge on any atom is -0.473 e. The van der Waals surface area contributed by atoms with Gasteiger partial charge in [-0.15, -0.1) is 5.10 Å². The van der Waals surface area contributed by atoms with Gasteiger partial charge in [-0.05, 0) is 31.9 Å². The molecule has 0 N–H and O–H groups in total. The lowest BCUT2D eigenvalue weighted by atomic mass is 10.1. The van der Waals surface area contributed by atoms with Gasteiger partial charge in [0.1, 0.15) is 18.1 Å². The zero-order valence-corrected chi connectivity index (χ0v) is 13.3. The second-order valence-electron chi connectivity index (χ2n) is 6.03. The van der Waals surface area contributed by atoms with Gasteiger partial charge in [-0.2, -0.15) is 0 Å². The van der Waals surface area contributed by atoms with E-state index in [1.807, 2.05) is 36.0 Å². The summed E-state index contributed by atoms with van der Waals surface area (Å²) < 4.78 is 21.8. The number of ether oxygens (including phenoxy) is 1. The first-order valence-electron chi connectivity index (χ1n) is 7.96. The number of benzene rings is 1. The number of halogens is 1. The zero-order valence-electron chi connectivity index (χ0n) is 13.3. The van der Waals surface area contributed by atoms with Crippen LogP contribution in [0.15, 0.2) is 42.6 Å². The van der Waals surface area contributed by atoms with Gasteiger partial charge in [-0.1, -0.05) is 23.4 Å². The number of aryl methyl sites for hydroxylation is 1. The molecule has 2 heterocycles. The van der Waals surface area contributed by atoms with E-state index in [0.29, 0.717) is 23.2 Å². The largest absolute Gasteiger partial charge is 0.473 e. The number of hydrogen-bond donors (Lipinski definition) is 0. The van der Waals surface area contributed by atoms with Crippen LogP contribution in [-0.4, -0.2) is 20.0 Å². The highest BCUT2D eigenvalue weighted by molar-refractivity contribution is 5.58. The van der Waals surface area contributed by atoms with E-state index >= 15 is 0 Å². The third kappa shape index (κ3) is 3.13. The summed E-state index contributed by atoms with van der Waals surface area (Å²) in [6.45, 7) is 2.02. The Morgan fingerprint density at radius 1 is 1.25 bits per heavy atom. The van der Waals surface area contributed by atoms with Gasteiger partial charge < -0.3 is 4.74 Å². The van der Waals surface area contributed by atoms with E-state index in [-0.39, 0.29) is 12.4 Å². The summed E-state index contributed by atoms with van der Waals surface area (Å²) in [7, 11) is 0. The first-order valence-corrected chi connectivity index (χ1v) is 7.96. The van der Waals surface area contributed by atoms with Gasteiger partial charge in [0.05, 0.1) is 12.2 Å². The van der Waals surface area contributed by atoms with Crippen molar-refractivity contribution in [3.05, 3.63) is 59.7 Å². The van der Waals surface area contributed by atoms with E-state index in [1.165, 1.54) is 6.07 Å². The maximum absolute atomic E-state index is 14.3. The average Bonchev–Trinajstić information content (AvgIpc) is 3.31. The molecule has 0 radical (unpaired) electrons. The lowest BCUT2D eigenvalue weighted by Crippen LogP contribution is -2.00. The van der Waals surface area contributed by atoms with E-state index in [0.717, 1.165) is 24.1 Å². The fraction of sp³-hybridized carbons (Fsp3) is 0.278. The average molecular weight is 324 g/mol. The van der Waals surface area contributed by atoms with Gasteiger partial charge in [-0.3, -0.25) is 0 Å². The molecule has 122 valence electrons. The smallest absolute Gasteiger partial charge is 0.213 e. The van der Waals surface area contributed by atoms with E-state index in [4.69, 9.17) is 4.74 Å². The predicted molar refractivity (Wildman–Crippen MR) is 87.0 cm³/mol. The number of pyridine rings is 1. The van der Waals surface area contributed by atoms with Crippen LogP contribution in [0.2, 0.25) is 0 Å². The highest BCUT2D eigenvalue weighted by Gasteiger charge is 2.25.